The standard InChI is InChI=1S/C13H16N4S/c14-17-13(11-8-15-5-6-16-11)10-2-1-3-12-9(10)4-7-18-12/h4-8,10,13,17H,1-3,14H2. The van der Waals surface area contributed by atoms with Gasteiger partial charge in [0.2, 0.25) is 0 Å². The van der Waals surface area contributed by atoms with Crippen molar-refractivity contribution >= 4 is 11.3 Å². The maximum Gasteiger partial charge on any atom is 0.0775 e. The number of fused-ring (bicyclic) bond motifs is 1. The monoisotopic (exact) mass is 260 g/mol. The molecule has 2 aromatic heterocycles. The number of nitrogens with two attached hydrogens (primary N) is 1. The highest BCUT2D eigenvalue weighted by atomic mass is 32.1. The third kappa shape index (κ3) is 2.05. The molecular formula is C13H16N4S. The number of rotatable bonds is 3. The minimum absolute atomic E-state index is 0.0485. The van der Waals surface area contributed by atoms with Gasteiger partial charge in [0.1, 0.15) is 0 Å². The molecule has 0 saturated carbocycles. The van der Waals surface area contributed by atoms with Crippen molar-refractivity contribution in [2.75, 3.05) is 0 Å². The van der Waals surface area contributed by atoms with Crippen LogP contribution in [0.3, 0.4) is 0 Å². The molecule has 0 bridgehead atoms. The summed E-state index contributed by atoms with van der Waals surface area (Å²) in [6.45, 7) is 0. The van der Waals surface area contributed by atoms with E-state index in [1.807, 2.05) is 11.3 Å². The fourth-order valence-corrected chi connectivity index (χ4v) is 3.74. The number of nitrogens with one attached hydrogen (secondary N) is 1. The third-order valence-corrected chi connectivity index (χ3v) is 4.58. The third-order valence-electron chi connectivity index (χ3n) is 3.58. The van der Waals surface area contributed by atoms with Gasteiger partial charge in [0.25, 0.3) is 0 Å². The van der Waals surface area contributed by atoms with Crippen LogP contribution >= 0.6 is 11.3 Å². The van der Waals surface area contributed by atoms with E-state index in [9.17, 15) is 0 Å². The van der Waals surface area contributed by atoms with Crippen LogP contribution in [0.1, 0.15) is 40.9 Å². The van der Waals surface area contributed by atoms with Crippen LogP contribution < -0.4 is 11.3 Å². The fourth-order valence-electron chi connectivity index (χ4n) is 2.75. The summed E-state index contributed by atoms with van der Waals surface area (Å²) in [6.07, 6.45) is 8.77. The van der Waals surface area contributed by atoms with Crippen molar-refractivity contribution in [1.29, 1.82) is 0 Å². The van der Waals surface area contributed by atoms with Crippen LogP contribution in [0.5, 0.6) is 0 Å². The van der Waals surface area contributed by atoms with Gasteiger partial charge in [-0.1, -0.05) is 0 Å². The molecule has 0 spiro atoms. The van der Waals surface area contributed by atoms with Gasteiger partial charge in [-0.15, -0.1) is 11.3 Å². The van der Waals surface area contributed by atoms with E-state index >= 15 is 0 Å². The van der Waals surface area contributed by atoms with E-state index in [1.165, 1.54) is 23.3 Å². The molecule has 2 heterocycles. The first-order chi connectivity index (χ1) is 8.90. The van der Waals surface area contributed by atoms with Crippen LogP contribution in [0.15, 0.2) is 30.0 Å². The van der Waals surface area contributed by atoms with E-state index in [-0.39, 0.29) is 6.04 Å². The lowest BCUT2D eigenvalue weighted by atomic mass is 9.81. The maximum atomic E-state index is 5.75. The minimum Gasteiger partial charge on any atom is -0.271 e. The van der Waals surface area contributed by atoms with Gasteiger partial charge in [0.05, 0.1) is 17.9 Å². The molecule has 4 nitrogen and oxygen atoms in total. The zero-order valence-corrected chi connectivity index (χ0v) is 10.9. The fraction of sp³-hybridized carbons (Fsp3) is 0.385. The molecule has 3 rings (SSSR count). The molecular weight excluding hydrogens is 244 g/mol. The van der Waals surface area contributed by atoms with Gasteiger partial charge < -0.3 is 0 Å². The average Bonchev–Trinajstić information content (AvgIpc) is 2.90. The molecule has 0 aromatic carbocycles. The minimum atomic E-state index is 0.0485. The van der Waals surface area contributed by atoms with Gasteiger partial charge >= 0.3 is 0 Å². The van der Waals surface area contributed by atoms with E-state index in [0.29, 0.717) is 5.92 Å². The molecule has 18 heavy (non-hydrogen) atoms. The maximum absolute atomic E-state index is 5.75. The van der Waals surface area contributed by atoms with Crippen molar-refractivity contribution in [1.82, 2.24) is 15.4 Å². The van der Waals surface area contributed by atoms with Crippen molar-refractivity contribution in [3.63, 3.8) is 0 Å². The number of nitrogens with zero attached hydrogens (tertiary/aromatic N) is 2. The largest absolute Gasteiger partial charge is 0.271 e. The summed E-state index contributed by atoms with van der Waals surface area (Å²) in [5.41, 5.74) is 5.27. The second-order valence-corrected chi connectivity index (χ2v) is 5.57. The van der Waals surface area contributed by atoms with Crippen LogP contribution in [0.25, 0.3) is 0 Å². The van der Waals surface area contributed by atoms with E-state index in [4.69, 9.17) is 5.84 Å². The lowest BCUT2D eigenvalue weighted by molar-refractivity contribution is 0.402. The Kier molecular flexibility index (Phi) is 3.36. The Bertz CT molecular complexity index is 511. The first-order valence-electron chi connectivity index (χ1n) is 6.18. The Morgan fingerprint density at radius 3 is 3.17 bits per heavy atom. The second kappa shape index (κ2) is 5.14. The summed E-state index contributed by atoms with van der Waals surface area (Å²) >= 11 is 1.85. The molecule has 0 radical (unpaired) electrons. The van der Waals surface area contributed by atoms with Crippen LogP contribution in [-0.2, 0) is 6.42 Å². The number of hydrogen-bond acceptors (Lipinski definition) is 5. The molecule has 5 heteroatoms. The highest BCUT2D eigenvalue weighted by molar-refractivity contribution is 7.10. The predicted molar refractivity (Wildman–Crippen MR) is 72.1 cm³/mol. The summed E-state index contributed by atoms with van der Waals surface area (Å²) < 4.78 is 0. The van der Waals surface area contributed by atoms with Gasteiger partial charge in [-0.25, -0.2) is 0 Å². The van der Waals surface area contributed by atoms with Crippen LogP contribution in [-0.4, -0.2) is 9.97 Å². The lowest BCUT2D eigenvalue weighted by Crippen LogP contribution is -2.34. The highest BCUT2D eigenvalue weighted by Gasteiger charge is 2.29. The molecule has 94 valence electrons. The van der Waals surface area contributed by atoms with Gasteiger partial charge in [0.15, 0.2) is 0 Å². The molecule has 0 aliphatic heterocycles. The molecule has 1 aliphatic carbocycles. The van der Waals surface area contributed by atoms with E-state index in [1.54, 1.807) is 18.6 Å². The van der Waals surface area contributed by atoms with Gasteiger partial charge in [-0.05, 0) is 36.3 Å². The van der Waals surface area contributed by atoms with Crippen LogP contribution in [0, 0.1) is 0 Å². The van der Waals surface area contributed by atoms with Crippen molar-refractivity contribution in [3.8, 4) is 0 Å². The van der Waals surface area contributed by atoms with Crippen molar-refractivity contribution in [3.05, 3.63) is 46.2 Å². The highest BCUT2D eigenvalue weighted by Crippen LogP contribution is 2.41. The molecule has 0 amide bonds. The number of hydrogen-bond donors (Lipinski definition) is 2. The molecule has 1 aliphatic rings. The van der Waals surface area contributed by atoms with Gasteiger partial charge in [-0.2, -0.15) is 0 Å². The number of aromatic nitrogens is 2. The summed E-state index contributed by atoms with van der Waals surface area (Å²) in [5.74, 6) is 6.15. The Balaban J connectivity index is 1.95. The summed E-state index contributed by atoms with van der Waals surface area (Å²) in [4.78, 5) is 10.0. The molecule has 2 atom stereocenters. The first kappa shape index (κ1) is 11.8. The van der Waals surface area contributed by atoms with Crippen molar-refractivity contribution in [2.24, 2.45) is 5.84 Å². The van der Waals surface area contributed by atoms with E-state index < -0.39 is 0 Å². The Labute approximate surface area is 110 Å². The van der Waals surface area contributed by atoms with Crippen LogP contribution in [0.4, 0.5) is 0 Å². The molecule has 2 aromatic rings. The van der Waals surface area contributed by atoms with Crippen molar-refractivity contribution in [2.45, 2.75) is 31.2 Å². The Morgan fingerprint density at radius 1 is 1.44 bits per heavy atom. The summed E-state index contributed by atoms with van der Waals surface area (Å²) in [7, 11) is 0. The van der Waals surface area contributed by atoms with Gasteiger partial charge in [-0.3, -0.25) is 21.2 Å². The van der Waals surface area contributed by atoms with E-state index in [0.717, 1.165) is 12.1 Å². The zero-order valence-electron chi connectivity index (χ0n) is 10.0. The number of thiophene rings is 1. The Hall–Kier alpha value is -1.30. The smallest absolute Gasteiger partial charge is 0.0775 e. The Morgan fingerprint density at radius 2 is 2.39 bits per heavy atom. The molecule has 3 N–H and O–H groups in total. The van der Waals surface area contributed by atoms with E-state index in [2.05, 4.69) is 26.8 Å². The zero-order chi connectivity index (χ0) is 12.4. The molecule has 2 unspecified atom stereocenters. The summed E-state index contributed by atoms with van der Waals surface area (Å²) in [6, 6.07) is 2.28. The average molecular weight is 260 g/mol. The van der Waals surface area contributed by atoms with Crippen molar-refractivity contribution < 1.29 is 0 Å². The first-order valence-corrected chi connectivity index (χ1v) is 7.06. The summed E-state index contributed by atoms with van der Waals surface area (Å²) in [5, 5.41) is 2.17. The molecule has 0 saturated heterocycles. The second-order valence-electron chi connectivity index (χ2n) is 4.57. The quantitative estimate of drug-likeness (QED) is 0.655. The van der Waals surface area contributed by atoms with Gasteiger partial charge in [0, 0.05) is 23.2 Å². The number of hydrazine groups is 1. The molecule has 0 fully saturated rings. The SMILES string of the molecule is NNC(c1cnccn1)C1CCCc2sccc21. The predicted octanol–water partition coefficient (Wildman–Crippen LogP) is 2.16. The van der Waals surface area contributed by atoms with Crippen LogP contribution in [0.2, 0.25) is 0 Å². The lowest BCUT2D eigenvalue weighted by Gasteiger charge is -2.29. The normalized spacial score (nSPS) is 20.4. The number of aryl methyl sites for hydroxylation is 1. The topological polar surface area (TPSA) is 63.8 Å².